The van der Waals surface area contributed by atoms with Gasteiger partial charge in [0.1, 0.15) is 11.3 Å². The van der Waals surface area contributed by atoms with E-state index in [1.807, 2.05) is 0 Å². The van der Waals surface area contributed by atoms with Gasteiger partial charge < -0.3 is 14.2 Å². The highest BCUT2D eigenvalue weighted by Gasteiger charge is 2.12. The van der Waals surface area contributed by atoms with Crippen LogP contribution in [0, 0.1) is 0 Å². The Hall–Kier alpha value is -2.30. The van der Waals surface area contributed by atoms with Crippen molar-refractivity contribution in [3.05, 3.63) is 35.4 Å². The molecule has 1 aromatic carbocycles. The molecule has 0 atom stereocenters. The van der Waals surface area contributed by atoms with Gasteiger partial charge in [-0.05, 0) is 30.7 Å². The summed E-state index contributed by atoms with van der Waals surface area (Å²) in [7, 11) is 2.76. The van der Waals surface area contributed by atoms with E-state index in [1.165, 1.54) is 20.3 Å². The van der Waals surface area contributed by atoms with Crippen LogP contribution >= 0.6 is 0 Å². The van der Waals surface area contributed by atoms with Gasteiger partial charge in [0.05, 0.1) is 20.8 Å². The van der Waals surface area contributed by atoms with Crippen LogP contribution < -0.4 is 4.74 Å². The Balaban J connectivity index is 2.94. The molecule has 102 valence electrons. The summed E-state index contributed by atoms with van der Waals surface area (Å²) in [5, 5.41) is 0. The molecule has 0 heterocycles. The van der Waals surface area contributed by atoms with Crippen molar-refractivity contribution in [1.82, 2.24) is 0 Å². The molecule has 0 radical (unpaired) electrons. The van der Waals surface area contributed by atoms with Gasteiger partial charge in [0.25, 0.3) is 0 Å². The number of carbonyl (C=O) groups is 2. The van der Waals surface area contributed by atoms with Crippen molar-refractivity contribution >= 4 is 18.0 Å². The predicted octanol–water partition coefficient (Wildman–Crippen LogP) is 2.06. The molecule has 0 aromatic heterocycles. The van der Waals surface area contributed by atoms with Gasteiger partial charge in [-0.25, -0.2) is 9.59 Å². The van der Waals surface area contributed by atoms with Gasteiger partial charge >= 0.3 is 11.9 Å². The number of benzene rings is 1. The second-order valence-corrected chi connectivity index (χ2v) is 3.54. The highest BCUT2D eigenvalue weighted by molar-refractivity contribution is 5.93. The van der Waals surface area contributed by atoms with Crippen molar-refractivity contribution in [1.29, 1.82) is 0 Å². The molecule has 0 saturated heterocycles. The van der Waals surface area contributed by atoms with Crippen LogP contribution in [0.5, 0.6) is 5.75 Å². The van der Waals surface area contributed by atoms with Gasteiger partial charge in [-0.15, -0.1) is 0 Å². The zero-order valence-electron chi connectivity index (χ0n) is 11.1. The fourth-order valence-electron chi connectivity index (χ4n) is 1.44. The lowest BCUT2D eigenvalue weighted by molar-refractivity contribution is -0.137. The Morgan fingerprint density at radius 2 is 2.00 bits per heavy atom. The summed E-state index contributed by atoms with van der Waals surface area (Å²) in [6, 6.07) is 4.90. The third-order valence-electron chi connectivity index (χ3n) is 2.33. The van der Waals surface area contributed by atoms with Gasteiger partial charge in [-0.1, -0.05) is 6.07 Å². The number of hydrogen-bond acceptors (Lipinski definition) is 5. The molecule has 0 aliphatic carbocycles. The molecule has 0 amide bonds. The maximum Gasteiger partial charge on any atom is 0.341 e. The van der Waals surface area contributed by atoms with Crippen molar-refractivity contribution in [3.8, 4) is 5.75 Å². The number of methoxy groups -OCH3 is 2. The summed E-state index contributed by atoms with van der Waals surface area (Å²) in [5.41, 5.74) is 1.05. The van der Waals surface area contributed by atoms with Crippen LogP contribution in [0.2, 0.25) is 0 Å². The van der Waals surface area contributed by atoms with E-state index in [0.717, 1.165) is 5.56 Å². The number of hydrogen-bond donors (Lipinski definition) is 0. The lowest BCUT2D eigenvalue weighted by atomic mass is 10.1. The van der Waals surface area contributed by atoms with E-state index >= 15 is 0 Å². The first kappa shape index (κ1) is 14.8. The molecule has 5 nitrogen and oxygen atoms in total. The molecule has 0 aliphatic heterocycles. The van der Waals surface area contributed by atoms with Crippen molar-refractivity contribution in [2.24, 2.45) is 0 Å². The molecule has 1 rings (SSSR count). The summed E-state index contributed by atoms with van der Waals surface area (Å²) >= 11 is 0. The second kappa shape index (κ2) is 7.20. The van der Waals surface area contributed by atoms with Gasteiger partial charge in [-0.2, -0.15) is 0 Å². The maximum absolute atomic E-state index is 11.5. The third-order valence-corrected chi connectivity index (χ3v) is 2.33. The van der Waals surface area contributed by atoms with E-state index in [2.05, 4.69) is 4.74 Å². The summed E-state index contributed by atoms with van der Waals surface area (Å²) in [4.78, 5) is 22.6. The number of carbonyl (C=O) groups excluding carboxylic acids is 2. The van der Waals surface area contributed by atoms with E-state index in [9.17, 15) is 9.59 Å². The highest BCUT2D eigenvalue weighted by Crippen LogP contribution is 2.21. The quantitative estimate of drug-likeness (QED) is 0.601. The van der Waals surface area contributed by atoms with Crippen molar-refractivity contribution in [3.63, 3.8) is 0 Å². The van der Waals surface area contributed by atoms with Gasteiger partial charge in [0, 0.05) is 6.08 Å². The van der Waals surface area contributed by atoms with Crippen LogP contribution in [0.1, 0.15) is 22.8 Å². The molecule has 0 N–H and O–H groups in total. The predicted molar refractivity (Wildman–Crippen MR) is 70.0 cm³/mol. The van der Waals surface area contributed by atoms with E-state index in [4.69, 9.17) is 9.47 Å². The monoisotopic (exact) mass is 264 g/mol. The lowest BCUT2D eigenvalue weighted by Gasteiger charge is -2.07. The van der Waals surface area contributed by atoms with Crippen molar-refractivity contribution in [2.45, 2.75) is 6.92 Å². The second-order valence-electron chi connectivity index (χ2n) is 3.54. The van der Waals surface area contributed by atoms with Crippen LogP contribution in [0.15, 0.2) is 24.3 Å². The Morgan fingerprint density at radius 1 is 1.26 bits per heavy atom. The Kier molecular flexibility index (Phi) is 5.60. The maximum atomic E-state index is 11.5. The van der Waals surface area contributed by atoms with Crippen LogP contribution in [-0.4, -0.2) is 32.8 Å². The van der Waals surface area contributed by atoms with E-state index in [-0.39, 0.29) is 0 Å². The minimum absolute atomic E-state index is 0.327. The molecule has 0 fully saturated rings. The van der Waals surface area contributed by atoms with Crippen LogP contribution in [0.4, 0.5) is 0 Å². The van der Waals surface area contributed by atoms with Crippen LogP contribution in [0.3, 0.4) is 0 Å². The minimum atomic E-state index is -0.474. The first-order valence-electron chi connectivity index (χ1n) is 5.73. The SMILES string of the molecule is CCOC(=O)C=Cc1ccc(C(=O)OC)c(OC)c1. The highest BCUT2D eigenvalue weighted by atomic mass is 16.5. The lowest BCUT2D eigenvalue weighted by Crippen LogP contribution is -2.04. The molecule has 0 bridgehead atoms. The largest absolute Gasteiger partial charge is 0.496 e. The molecule has 5 heteroatoms. The standard InChI is InChI=1S/C14H16O5/c1-4-19-13(15)8-6-10-5-7-11(14(16)18-3)12(9-10)17-2/h5-9H,4H2,1-3H3. The Labute approximate surface area is 111 Å². The molecule has 19 heavy (non-hydrogen) atoms. The molecule has 0 unspecified atom stereocenters. The topological polar surface area (TPSA) is 61.8 Å². The Morgan fingerprint density at radius 3 is 2.58 bits per heavy atom. The van der Waals surface area contributed by atoms with Crippen LogP contribution in [-0.2, 0) is 14.3 Å². The summed E-state index contributed by atoms with van der Waals surface area (Å²) in [5.74, 6) is -0.505. The number of esters is 2. The summed E-state index contributed by atoms with van der Waals surface area (Å²) < 4.78 is 14.5. The fourth-order valence-corrected chi connectivity index (χ4v) is 1.44. The van der Waals surface area contributed by atoms with Gasteiger partial charge in [-0.3, -0.25) is 0 Å². The smallest absolute Gasteiger partial charge is 0.341 e. The average Bonchev–Trinajstić information content (AvgIpc) is 2.44. The first-order valence-corrected chi connectivity index (χ1v) is 5.73. The van der Waals surface area contributed by atoms with E-state index in [1.54, 1.807) is 31.2 Å². The summed E-state index contributed by atoms with van der Waals surface area (Å²) in [6.45, 7) is 2.06. The fraction of sp³-hybridized carbons (Fsp3) is 0.286. The molecule has 1 aromatic rings. The van der Waals surface area contributed by atoms with E-state index in [0.29, 0.717) is 17.9 Å². The molecule has 0 saturated carbocycles. The molecular weight excluding hydrogens is 248 g/mol. The number of ether oxygens (including phenoxy) is 3. The van der Waals surface area contributed by atoms with E-state index < -0.39 is 11.9 Å². The van der Waals surface area contributed by atoms with Crippen LogP contribution in [0.25, 0.3) is 6.08 Å². The molecule has 0 aliphatic rings. The normalized spacial score (nSPS) is 10.3. The zero-order valence-corrected chi connectivity index (χ0v) is 11.1. The molecule has 0 spiro atoms. The number of rotatable bonds is 5. The van der Waals surface area contributed by atoms with Gasteiger partial charge in [0.15, 0.2) is 0 Å². The first-order chi connectivity index (χ1) is 9.12. The molecular formula is C14H16O5. The van der Waals surface area contributed by atoms with Crippen molar-refractivity contribution < 1.29 is 23.8 Å². The third kappa shape index (κ3) is 4.13. The van der Waals surface area contributed by atoms with Crippen molar-refractivity contribution in [2.75, 3.05) is 20.8 Å². The average molecular weight is 264 g/mol. The minimum Gasteiger partial charge on any atom is -0.496 e. The zero-order chi connectivity index (χ0) is 14.3. The van der Waals surface area contributed by atoms with Gasteiger partial charge in [0.2, 0.25) is 0 Å². The Bertz CT molecular complexity index is 491. The summed E-state index contributed by atoms with van der Waals surface area (Å²) in [6.07, 6.45) is 2.90.